The van der Waals surface area contributed by atoms with Gasteiger partial charge in [-0.1, -0.05) is 12.1 Å². The first-order valence-electron chi connectivity index (χ1n) is 11.7. The molecule has 10 heteroatoms. The van der Waals surface area contributed by atoms with Gasteiger partial charge < -0.3 is 20.3 Å². The van der Waals surface area contributed by atoms with Crippen LogP contribution >= 0.6 is 7.14 Å². The minimum Gasteiger partial charge on any atom is -0.388 e. The van der Waals surface area contributed by atoms with Gasteiger partial charge in [0.25, 0.3) is 0 Å². The third kappa shape index (κ3) is 6.01. The van der Waals surface area contributed by atoms with Crippen molar-refractivity contribution >= 4 is 34.9 Å². The largest absolute Gasteiger partial charge is 0.416 e. The van der Waals surface area contributed by atoms with Gasteiger partial charge in [-0.2, -0.15) is 13.2 Å². The van der Waals surface area contributed by atoms with Crippen LogP contribution in [0.1, 0.15) is 56.3 Å². The molecule has 0 aliphatic heterocycles. The van der Waals surface area contributed by atoms with E-state index in [9.17, 15) is 22.8 Å². The predicted octanol–water partition coefficient (Wildman–Crippen LogP) is 6.26. The van der Waals surface area contributed by atoms with Crippen molar-refractivity contribution in [1.29, 1.82) is 0 Å². The number of rotatable bonds is 7. The molecule has 3 N–H and O–H groups in total. The van der Waals surface area contributed by atoms with E-state index in [1.54, 1.807) is 59.2 Å². The van der Waals surface area contributed by atoms with Gasteiger partial charge in [0, 0.05) is 16.4 Å². The summed E-state index contributed by atoms with van der Waals surface area (Å²) in [5, 5.41) is 18.1. The molecule has 0 saturated heterocycles. The van der Waals surface area contributed by atoms with Gasteiger partial charge in [-0.3, -0.25) is 0 Å². The van der Waals surface area contributed by atoms with Crippen LogP contribution in [0.5, 0.6) is 0 Å². The lowest BCUT2D eigenvalue weighted by molar-refractivity contribution is -0.138. The van der Waals surface area contributed by atoms with Crippen LogP contribution in [0.25, 0.3) is 10.9 Å². The molecule has 3 rings (SSSR count). The highest BCUT2D eigenvalue weighted by molar-refractivity contribution is 7.70. The average molecular weight is 523 g/mol. The van der Waals surface area contributed by atoms with Gasteiger partial charge in [-0.15, -0.1) is 0 Å². The van der Waals surface area contributed by atoms with E-state index in [2.05, 4.69) is 20.6 Å². The molecular weight excluding hydrogens is 488 g/mol. The molecule has 0 radical (unpaired) electrons. The third-order valence-electron chi connectivity index (χ3n) is 6.44. The number of anilines is 2. The fraction of sp³-hybridized carbons (Fsp3) is 0.462. The standard InChI is InChI=1S/C26H34F3N4O2P/c1-14-18(10-9-11-20(14)26(27,28)29)15(2)30-24-19-12-23(36(7,8)35)22(31-16(3)25(5,6)34)13-21(19)32-17(4)33-24/h9-13,15-16,31,34H,1-8H3,(H,30,32,33)/t15-,16?/m1/s1. The van der Waals surface area contributed by atoms with Gasteiger partial charge in [-0.05, 0) is 84.2 Å². The fourth-order valence-electron chi connectivity index (χ4n) is 4.07. The summed E-state index contributed by atoms with van der Waals surface area (Å²) < 4.78 is 53.6. The summed E-state index contributed by atoms with van der Waals surface area (Å²) in [6.07, 6.45) is -4.44. The van der Waals surface area contributed by atoms with E-state index < -0.39 is 30.5 Å². The van der Waals surface area contributed by atoms with E-state index >= 15 is 0 Å². The molecule has 36 heavy (non-hydrogen) atoms. The van der Waals surface area contributed by atoms with Crippen LogP contribution in [-0.2, 0) is 10.7 Å². The van der Waals surface area contributed by atoms with E-state index in [1.165, 1.54) is 13.0 Å². The van der Waals surface area contributed by atoms with Crippen molar-refractivity contribution in [3.8, 4) is 0 Å². The Hall–Kier alpha value is -2.64. The number of halogens is 3. The van der Waals surface area contributed by atoms with Crippen LogP contribution in [0.15, 0.2) is 30.3 Å². The second-order valence-electron chi connectivity index (χ2n) is 10.3. The van der Waals surface area contributed by atoms with Crippen LogP contribution in [-0.4, -0.2) is 40.0 Å². The zero-order valence-electron chi connectivity index (χ0n) is 21.9. The molecule has 3 aromatic rings. The number of alkyl halides is 3. The van der Waals surface area contributed by atoms with E-state index in [0.717, 1.165) is 6.07 Å². The smallest absolute Gasteiger partial charge is 0.388 e. The monoisotopic (exact) mass is 522 g/mol. The first kappa shape index (κ1) is 27.9. The highest BCUT2D eigenvalue weighted by atomic mass is 31.2. The fourth-order valence-corrected chi connectivity index (χ4v) is 5.22. The van der Waals surface area contributed by atoms with Crippen LogP contribution in [0.4, 0.5) is 24.7 Å². The van der Waals surface area contributed by atoms with Crippen LogP contribution < -0.4 is 15.9 Å². The van der Waals surface area contributed by atoms with Crippen molar-refractivity contribution in [2.45, 2.75) is 65.4 Å². The van der Waals surface area contributed by atoms with Crippen molar-refractivity contribution in [3.63, 3.8) is 0 Å². The van der Waals surface area contributed by atoms with Gasteiger partial charge in [0.05, 0.1) is 28.8 Å². The zero-order valence-corrected chi connectivity index (χ0v) is 22.8. The molecule has 0 saturated carbocycles. The van der Waals surface area contributed by atoms with Crippen LogP contribution in [0.3, 0.4) is 0 Å². The Morgan fingerprint density at radius 1 is 1.03 bits per heavy atom. The highest BCUT2D eigenvalue weighted by Crippen LogP contribution is 2.41. The topological polar surface area (TPSA) is 87.1 Å². The summed E-state index contributed by atoms with van der Waals surface area (Å²) in [4.78, 5) is 9.07. The molecule has 0 aliphatic carbocycles. The molecule has 0 amide bonds. The molecule has 196 valence electrons. The number of nitrogens with zero attached hydrogens (tertiary/aromatic N) is 2. The Morgan fingerprint density at radius 2 is 1.67 bits per heavy atom. The maximum absolute atomic E-state index is 13.4. The van der Waals surface area contributed by atoms with E-state index in [0.29, 0.717) is 39.1 Å². The molecule has 2 aromatic carbocycles. The number of benzene rings is 2. The first-order valence-corrected chi connectivity index (χ1v) is 14.3. The number of aromatic nitrogens is 2. The summed E-state index contributed by atoms with van der Waals surface area (Å²) in [5.41, 5.74) is 0.151. The van der Waals surface area contributed by atoms with Gasteiger partial charge in [0.2, 0.25) is 0 Å². The summed E-state index contributed by atoms with van der Waals surface area (Å²) in [6.45, 7) is 13.5. The zero-order chi connectivity index (χ0) is 27.2. The Kier molecular flexibility index (Phi) is 7.51. The molecular formula is C26H34F3N4O2P. The highest BCUT2D eigenvalue weighted by Gasteiger charge is 2.33. The average Bonchev–Trinajstić information content (AvgIpc) is 2.70. The van der Waals surface area contributed by atoms with Crippen LogP contribution in [0, 0.1) is 13.8 Å². The molecule has 1 heterocycles. The normalized spacial score (nSPS) is 14.6. The maximum atomic E-state index is 13.4. The minimum atomic E-state index is -4.44. The number of aryl methyl sites for hydroxylation is 1. The van der Waals surface area contributed by atoms with E-state index in [4.69, 9.17) is 0 Å². The molecule has 1 unspecified atom stereocenters. The quantitative estimate of drug-likeness (QED) is 0.318. The third-order valence-corrected chi connectivity index (χ3v) is 7.97. The summed E-state index contributed by atoms with van der Waals surface area (Å²) in [7, 11) is -2.78. The number of hydrogen-bond donors (Lipinski definition) is 3. The summed E-state index contributed by atoms with van der Waals surface area (Å²) >= 11 is 0. The van der Waals surface area contributed by atoms with Crippen molar-refractivity contribution in [2.24, 2.45) is 0 Å². The van der Waals surface area contributed by atoms with Crippen molar-refractivity contribution in [3.05, 3.63) is 52.8 Å². The van der Waals surface area contributed by atoms with E-state index in [1.807, 2.05) is 6.92 Å². The number of fused-ring (bicyclic) bond motifs is 1. The van der Waals surface area contributed by atoms with Gasteiger partial charge >= 0.3 is 6.18 Å². The van der Waals surface area contributed by atoms with E-state index in [-0.39, 0.29) is 11.6 Å². The molecule has 0 aliphatic rings. The second-order valence-corrected chi connectivity index (χ2v) is 13.4. The van der Waals surface area contributed by atoms with Crippen molar-refractivity contribution < 1.29 is 22.8 Å². The lowest BCUT2D eigenvalue weighted by atomic mass is 9.97. The Labute approximate surface area is 210 Å². The lowest BCUT2D eigenvalue weighted by Crippen LogP contribution is -2.40. The Bertz CT molecular complexity index is 1330. The van der Waals surface area contributed by atoms with Crippen LogP contribution in [0.2, 0.25) is 0 Å². The molecule has 2 atom stereocenters. The summed E-state index contributed by atoms with van der Waals surface area (Å²) in [6, 6.07) is 6.86. The second kappa shape index (κ2) is 9.67. The Morgan fingerprint density at radius 3 is 2.22 bits per heavy atom. The maximum Gasteiger partial charge on any atom is 0.416 e. The molecule has 6 nitrogen and oxygen atoms in total. The van der Waals surface area contributed by atoms with Gasteiger partial charge in [-0.25, -0.2) is 9.97 Å². The number of nitrogens with one attached hydrogen (secondary N) is 2. The number of aliphatic hydroxyl groups is 1. The van der Waals surface area contributed by atoms with Crippen molar-refractivity contribution in [1.82, 2.24) is 9.97 Å². The van der Waals surface area contributed by atoms with Crippen molar-refractivity contribution in [2.75, 3.05) is 24.0 Å². The number of hydrogen-bond acceptors (Lipinski definition) is 6. The SMILES string of the molecule is Cc1nc(N[C@H](C)c2cccc(C(F)(F)F)c2C)c2cc(P(C)(C)=O)c(NC(C)C(C)(C)O)cc2n1. The first-order chi connectivity index (χ1) is 16.4. The molecule has 0 spiro atoms. The van der Waals surface area contributed by atoms with Gasteiger partial charge in [0.15, 0.2) is 0 Å². The lowest BCUT2D eigenvalue weighted by Gasteiger charge is -2.29. The van der Waals surface area contributed by atoms with Gasteiger partial charge in [0.1, 0.15) is 18.8 Å². The minimum absolute atomic E-state index is 0.152. The molecule has 1 aromatic heterocycles. The molecule has 0 bridgehead atoms. The predicted molar refractivity (Wildman–Crippen MR) is 141 cm³/mol. The Balaban J connectivity index is 2.13. The summed E-state index contributed by atoms with van der Waals surface area (Å²) in [5.74, 6) is 0.918. The molecule has 0 fully saturated rings.